The van der Waals surface area contributed by atoms with Gasteiger partial charge in [-0.1, -0.05) is 6.07 Å². The molecule has 1 amide bonds. The highest BCUT2D eigenvalue weighted by Gasteiger charge is 2.10. The van der Waals surface area contributed by atoms with Crippen LogP contribution in [0.15, 0.2) is 54.9 Å². The summed E-state index contributed by atoms with van der Waals surface area (Å²) in [4.78, 5) is 20.0. The van der Waals surface area contributed by atoms with E-state index < -0.39 is 23.4 Å². The number of carbonyl (C=O) groups excluding carboxylic acids is 1. The number of carbonyl (C=O) groups is 1. The molecule has 2 N–H and O–H groups in total. The Bertz CT molecular complexity index is 916. The van der Waals surface area contributed by atoms with Gasteiger partial charge in [-0.25, -0.2) is 23.1 Å². The number of benzene rings is 2. The molecule has 0 fully saturated rings. The number of hydrogen-bond donors (Lipinski definition) is 2. The molecule has 3 rings (SSSR count). The SMILES string of the molecule is O=C(Nc1ccc(F)c(F)c1)c1cnc(Nc2cccc(F)c2)nc1. The van der Waals surface area contributed by atoms with E-state index >= 15 is 0 Å². The van der Waals surface area contributed by atoms with Crippen LogP contribution in [0, 0.1) is 17.5 Å². The lowest BCUT2D eigenvalue weighted by Crippen LogP contribution is -2.13. The van der Waals surface area contributed by atoms with Gasteiger partial charge < -0.3 is 10.6 Å². The summed E-state index contributed by atoms with van der Waals surface area (Å²) in [6.07, 6.45) is 2.51. The molecule has 2 aromatic carbocycles. The number of nitrogens with one attached hydrogen (secondary N) is 2. The Kier molecular flexibility index (Phi) is 4.60. The van der Waals surface area contributed by atoms with E-state index in [1.807, 2.05) is 0 Å². The van der Waals surface area contributed by atoms with Gasteiger partial charge in [0.05, 0.1) is 5.56 Å². The van der Waals surface area contributed by atoms with Crippen LogP contribution >= 0.6 is 0 Å². The molecule has 0 bridgehead atoms. The maximum atomic E-state index is 13.1. The van der Waals surface area contributed by atoms with E-state index in [-0.39, 0.29) is 17.2 Å². The van der Waals surface area contributed by atoms with Crippen molar-refractivity contribution in [3.05, 3.63) is 77.9 Å². The van der Waals surface area contributed by atoms with Gasteiger partial charge >= 0.3 is 0 Å². The molecule has 0 saturated carbocycles. The fourth-order valence-corrected chi connectivity index (χ4v) is 1.98. The maximum absolute atomic E-state index is 13.1. The molecule has 0 aliphatic rings. The van der Waals surface area contributed by atoms with E-state index in [0.29, 0.717) is 5.69 Å². The second-order valence-electron chi connectivity index (χ2n) is 5.01. The molecule has 25 heavy (non-hydrogen) atoms. The fraction of sp³-hybridized carbons (Fsp3) is 0. The molecule has 0 aliphatic heterocycles. The van der Waals surface area contributed by atoms with E-state index in [2.05, 4.69) is 20.6 Å². The second-order valence-corrected chi connectivity index (χ2v) is 5.01. The second kappa shape index (κ2) is 7.00. The van der Waals surface area contributed by atoms with Crippen LogP contribution in [0.4, 0.5) is 30.5 Å². The largest absolute Gasteiger partial charge is 0.324 e. The zero-order valence-electron chi connectivity index (χ0n) is 12.6. The van der Waals surface area contributed by atoms with Crippen LogP contribution in [0.25, 0.3) is 0 Å². The topological polar surface area (TPSA) is 66.9 Å². The molecular formula is C17H11F3N4O. The maximum Gasteiger partial charge on any atom is 0.258 e. The van der Waals surface area contributed by atoms with Gasteiger partial charge in [-0.3, -0.25) is 4.79 Å². The Labute approximate surface area is 140 Å². The molecule has 5 nitrogen and oxygen atoms in total. The lowest BCUT2D eigenvalue weighted by atomic mass is 10.2. The summed E-state index contributed by atoms with van der Waals surface area (Å²) < 4.78 is 39.1. The van der Waals surface area contributed by atoms with Crippen molar-refractivity contribution in [1.29, 1.82) is 0 Å². The minimum absolute atomic E-state index is 0.103. The van der Waals surface area contributed by atoms with Crippen molar-refractivity contribution in [2.24, 2.45) is 0 Å². The van der Waals surface area contributed by atoms with E-state index in [1.165, 1.54) is 36.7 Å². The van der Waals surface area contributed by atoms with Crippen molar-refractivity contribution in [1.82, 2.24) is 9.97 Å². The molecule has 3 aromatic rings. The van der Waals surface area contributed by atoms with Gasteiger partial charge in [0, 0.05) is 29.8 Å². The van der Waals surface area contributed by atoms with E-state index in [9.17, 15) is 18.0 Å². The van der Waals surface area contributed by atoms with Gasteiger partial charge in [0.2, 0.25) is 5.95 Å². The molecular weight excluding hydrogens is 333 g/mol. The summed E-state index contributed by atoms with van der Waals surface area (Å²) >= 11 is 0. The van der Waals surface area contributed by atoms with Crippen LogP contribution in [-0.4, -0.2) is 15.9 Å². The lowest BCUT2D eigenvalue weighted by molar-refractivity contribution is 0.102. The Hall–Kier alpha value is -3.42. The number of halogens is 3. The minimum atomic E-state index is -1.07. The number of rotatable bonds is 4. The molecule has 1 aromatic heterocycles. The first-order valence-corrected chi connectivity index (χ1v) is 7.12. The molecule has 1 heterocycles. The first-order chi connectivity index (χ1) is 12.0. The summed E-state index contributed by atoms with van der Waals surface area (Å²) in [6, 6.07) is 8.75. The summed E-state index contributed by atoms with van der Waals surface area (Å²) in [5.41, 5.74) is 0.680. The highest BCUT2D eigenvalue weighted by atomic mass is 19.2. The van der Waals surface area contributed by atoms with E-state index in [1.54, 1.807) is 6.07 Å². The predicted molar refractivity (Wildman–Crippen MR) is 86.0 cm³/mol. The Morgan fingerprint density at radius 2 is 1.64 bits per heavy atom. The number of amides is 1. The number of hydrogen-bond acceptors (Lipinski definition) is 4. The standard InChI is InChI=1S/C17H11F3N4O/c18-11-2-1-3-12(6-11)24-17-21-8-10(9-22-17)16(25)23-13-4-5-14(19)15(20)7-13/h1-9H,(H,23,25)(H,21,22,24). The van der Waals surface area contributed by atoms with Crippen molar-refractivity contribution in [3.63, 3.8) is 0 Å². The van der Waals surface area contributed by atoms with Gasteiger partial charge in [-0.15, -0.1) is 0 Å². The Morgan fingerprint density at radius 3 is 2.32 bits per heavy atom. The highest BCUT2D eigenvalue weighted by molar-refractivity contribution is 6.03. The quantitative estimate of drug-likeness (QED) is 0.753. The normalized spacial score (nSPS) is 10.4. The van der Waals surface area contributed by atoms with Gasteiger partial charge in [-0.2, -0.15) is 0 Å². The van der Waals surface area contributed by atoms with Crippen LogP contribution in [-0.2, 0) is 0 Å². The zero-order chi connectivity index (χ0) is 17.8. The van der Waals surface area contributed by atoms with Gasteiger partial charge in [-0.05, 0) is 30.3 Å². The highest BCUT2D eigenvalue weighted by Crippen LogP contribution is 2.16. The van der Waals surface area contributed by atoms with Gasteiger partial charge in [0.15, 0.2) is 11.6 Å². The first kappa shape index (κ1) is 16.4. The van der Waals surface area contributed by atoms with E-state index in [4.69, 9.17) is 0 Å². The summed E-state index contributed by atoms with van der Waals surface area (Å²) in [5, 5.41) is 5.20. The Balaban J connectivity index is 1.68. The monoisotopic (exact) mass is 344 g/mol. The minimum Gasteiger partial charge on any atom is -0.324 e. The molecule has 0 unspecified atom stereocenters. The molecule has 0 aliphatic carbocycles. The number of nitrogens with zero attached hydrogens (tertiary/aromatic N) is 2. The molecule has 8 heteroatoms. The van der Waals surface area contributed by atoms with Crippen LogP contribution in [0.1, 0.15) is 10.4 Å². The molecule has 0 spiro atoms. The summed E-state index contributed by atoms with van der Waals surface area (Å²) in [6.45, 7) is 0. The van der Waals surface area contributed by atoms with Crippen LogP contribution in [0.5, 0.6) is 0 Å². The van der Waals surface area contributed by atoms with E-state index in [0.717, 1.165) is 12.1 Å². The van der Waals surface area contributed by atoms with Crippen LogP contribution in [0.3, 0.4) is 0 Å². The van der Waals surface area contributed by atoms with Crippen molar-refractivity contribution in [3.8, 4) is 0 Å². The molecule has 0 saturated heterocycles. The van der Waals surface area contributed by atoms with Crippen molar-refractivity contribution in [2.45, 2.75) is 0 Å². The third kappa shape index (κ3) is 4.11. The predicted octanol–water partition coefficient (Wildman–Crippen LogP) is 3.89. The lowest BCUT2D eigenvalue weighted by Gasteiger charge is -2.07. The first-order valence-electron chi connectivity index (χ1n) is 7.12. The molecule has 0 atom stereocenters. The third-order valence-electron chi connectivity index (χ3n) is 3.17. The smallest absolute Gasteiger partial charge is 0.258 e. The zero-order valence-corrected chi connectivity index (χ0v) is 12.6. The van der Waals surface area contributed by atoms with Gasteiger partial charge in [0.1, 0.15) is 5.82 Å². The van der Waals surface area contributed by atoms with Gasteiger partial charge in [0.25, 0.3) is 5.91 Å². The Morgan fingerprint density at radius 1 is 0.880 bits per heavy atom. The summed E-state index contributed by atoms with van der Waals surface area (Å²) in [5.74, 6) is -2.89. The van der Waals surface area contributed by atoms with Crippen LogP contribution < -0.4 is 10.6 Å². The third-order valence-corrected chi connectivity index (χ3v) is 3.17. The van der Waals surface area contributed by atoms with Crippen molar-refractivity contribution < 1.29 is 18.0 Å². The number of aromatic nitrogens is 2. The average molecular weight is 344 g/mol. The number of anilines is 3. The fourth-order valence-electron chi connectivity index (χ4n) is 1.98. The average Bonchev–Trinajstić information content (AvgIpc) is 2.59. The van der Waals surface area contributed by atoms with Crippen molar-refractivity contribution >= 4 is 23.2 Å². The van der Waals surface area contributed by atoms with Crippen molar-refractivity contribution in [2.75, 3.05) is 10.6 Å². The van der Waals surface area contributed by atoms with Crippen LogP contribution in [0.2, 0.25) is 0 Å². The molecule has 126 valence electrons. The summed E-state index contributed by atoms with van der Waals surface area (Å²) in [7, 11) is 0. The molecule has 0 radical (unpaired) electrons.